The summed E-state index contributed by atoms with van der Waals surface area (Å²) < 4.78 is 39.0. The molecular weight excluding hydrogens is 373 g/mol. The Balaban J connectivity index is 1.88. The van der Waals surface area contributed by atoms with Crippen LogP contribution in [0.25, 0.3) is 11.1 Å². The maximum absolute atomic E-state index is 13.0. The maximum Gasteiger partial charge on any atom is 0.416 e. The SMILES string of the molecule is CNc1ncc(-c2cccc(C(F)(F)F)c2)cc1N(C=O)CCN1CC(O)C1. The van der Waals surface area contributed by atoms with E-state index in [9.17, 15) is 23.1 Å². The molecule has 0 spiro atoms. The van der Waals surface area contributed by atoms with Crippen LogP contribution < -0.4 is 10.2 Å². The van der Waals surface area contributed by atoms with Crippen molar-refractivity contribution in [1.29, 1.82) is 0 Å². The van der Waals surface area contributed by atoms with E-state index in [-0.39, 0.29) is 6.10 Å². The van der Waals surface area contributed by atoms with Crippen molar-refractivity contribution < 1.29 is 23.1 Å². The van der Waals surface area contributed by atoms with Crippen molar-refractivity contribution in [2.45, 2.75) is 12.3 Å². The van der Waals surface area contributed by atoms with Crippen LogP contribution in [0.1, 0.15) is 5.56 Å². The highest BCUT2D eigenvalue weighted by Gasteiger charge is 2.30. The van der Waals surface area contributed by atoms with E-state index in [1.807, 2.05) is 4.90 Å². The topological polar surface area (TPSA) is 68.7 Å². The van der Waals surface area contributed by atoms with Crippen LogP contribution in [0.15, 0.2) is 36.5 Å². The summed E-state index contributed by atoms with van der Waals surface area (Å²) >= 11 is 0. The summed E-state index contributed by atoms with van der Waals surface area (Å²) in [5.74, 6) is 0.450. The highest BCUT2D eigenvalue weighted by Crippen LogP contribution is 2.34. The van der Waals surface area contributed by atoms with Gasteiger partial charge < -0.3 is 15.3 Å². The fourth-order valence-electron chi connectivity index (χ4n) is 3.10. The number of anilines is 2. The Hall–Kier alpha value is -2.65. The van der Waals surface area contributed by atoms with Crippen molar-refractivity contribution in [2.75, 3.05) is 43.4 Å². The second-order valence-corrected chi connectivity index (χ2v) is 6.63. The molecule has 0 saturated carbocycles. The van der Waals surface area contributed by atoms with E-state index >= 15 is 0 Å². The normalized spacial score (nSPS) is 15.2. The molecule has 1 fully saturated rings. The fourth-order valence-corrected chi connectivity index (χ4v) is 3.10. The number of alkyl halides is 3. The number of nitrogens with one attached hydrogen (secondary N) is 1. The number of aromatic nitrogens is 1. The van der Waals surface area contributed by atoms with Crippen molar-refractivity contribution in [3.05, 3.63) is 42.1 Å². The largest absolute Gasteiger partial charge is 0.416 e. The molecule has 1 aliphatic rings. The summed E-state index contributed by atoms with van der Waals surface area (Å²) in [6.07, 6.45) is -2.62. The predicted molar refractivity (Wildman–Crippen MR) is 100 cm³/mol. The molecule has 0 radical (unpaired) electrons. The first-order valence-electron chi connectivity index (χ1n) is 8.79. The number of β-amino-alcohol motifs (C(OH)–C–C–N with tert-alkyl or cyclic N) is 1. The van der Waals surface area contributed by atoms with E-state index in [4.69, 9.17) is 0 Å². The van der Waals surface area contributed by atoms with E-state index in [1.165, 1.54) is 17.2 Å². The van der Waals surface area contributed by atoms with Crippen molar-refractivity contribution >= 4 is 17.9 Å². The van der Waals surface area contributed by atoms with E-state index in [0.717, 1.165) is 12.1 Å². The van der Waals surface area contributed by atoms with E-state index < -0.39 is 11.7 Å². The molecule has 1 aromatic heterocycles. The third kappa shape index (κ3) is 4.42. The van der Waals surface area contributed by atoms with Crippen molar-refractivity contribution in [3.63, 3.8) is 0 Å². The number of rotatable bonds is 7. The molecule has 0 atom stereocenters. The standard InChI is InChI=1S/C19H21F3N4O2/c1-23-18-17(26(12-27)6-5-25-10-16(28)11-25)8-14(9-24-18)13-3-2-4-15(7-13)19(20,21)22/h2-4,7-9,12,16,28H,5-6,10-11H2,1H3,(H,23,24). The number of benzene rings is 1. The van der Waals surface area contributed by atoms with Gasteiger partial charge in [-0.3, -0.25) is 9.69 Å². The lowest BCUT2D eigenvalue weighted by Crippen LogP contribution is -2.52. The molecule has 0 unspecified atom stereocenters. The monoisotopic (exact) mass is 394 g/mol. The van der Waals surface area contributed by atoms with Crippen LogP contribution in [-0.4, -0.2) is 60.7 Å². The van der Waals surface area contributed by atoms with Crippen LogP contribution in [0.3, 0.4) is 0 Å². The molecule has 2 aromatic rings. The number of hydrogen-bond acceptors (Lipinski definition) is 5. The Morgan fingerprint density at radius 3 is 2.68 bits per heavy atom. The Morgan fingerprint density at radius 1 is 1.32 bits per heavy atom. The third-order valence-electron chi connectivity index (χ3n) is 4.66. The summed E-state index contributed by atoms with van der Waals surface area (Å²) in [4.78, 5) is 19.4. The zero-order chi connectivity index (χ0) is 20.3. The van der Waals surface area contributed by atoms with Crippen LogP contribution in [0.5, 0.6) is 0 Å². The van der Waals surface area contributed by atoms with Gasteiger partial charge in [-0.2, -0.15) is 13.2 Å². The summed E-state index contributed by atoms with van der Waals surface area (Å²) in [6.45, 7) is 2.08. The highest BCUT2D eigenvalue weighted by atomic mass is 19.4. The van der Waals surface area contributed by atoms with Gasteiger partial charge in [-0.1, -0.05) is 12.1 Å². The molecule has 2 heterocycles. The molecular formula is C19H21F3N4O2. The van der Waals surface area contributed by atoms with Gasteiger partial charge in [-0.05, 0) is 23.8 Å². The molecule has 9 heteroatoms. The van der Waals surface area contributed by atoms with Crippen LogP contribution in [-0.2, 0) is 11.0 Å². The second kappa shape index (κ2) is 8.15. The zero-order valence-corrected chi connectivity index (χ0v) is 15.3. The number of hydrogen-bond donors (Lipinski definition) is 2. The number of amides is 1. The molecule has 1 aromatic carbocycles. The molecule has 1 aliphatic heterocycles. The summed E-state index contributed by atoms with van der Waals surface area (Å²) in [7, 11) is 1.66. The van der Waals surface area contributed by atoms with Gasteiger partial charge >= 0.3 is 6.18 Å². The first-order chi connectivity index (χ1) is 13.3. The van der Waals surface area contributed by atoms with Gasteiger partial charge in [-0.15, -0.1) is 0 Å². The van der Waals surface area contributed by atoms with Crippen LogP contribution in [0.4, 0.5) is 24.7 Å². The first-order valence-corrected chi connectivity index (χ1v) is 8.79. The molecule has 150 valence electrons. The quantitative estimate of drug-likeness (QED) is 0.706. The van der Waals surface area contributed by atoms with Gasteiger partial charge in [0.25, 0.3) is 0 Å². The number of carbonyl (C=O) groups excluding carboxylic acids is 1. The lowest BCUT2D eigenvalue weighted by molar-refractivity contribution is -0.137. The third-order valence-corrected chi connectivity index (χ3v) is 4.66. The number of carbonyl (C=O) groups is 1. The van der Waals surface area contributed by atoms with Crippen molar-refractivity contribution in [1.82, 2.24) is 9.88 Å². The molecule has 0 bridgehead atoms. The molecule has 0 aliphatic carbocycles. The number of halogens is 3. The Labute approximate surface area is 160 Å². The van der Waals surface area contributed by atoms with Gasteiger partial charge in [0, 0.05) is 45.0 Å². The Kier molecular flexibility index (Phi) is 5.85. The zero-order valence-electron chi connectivity index (χ0n) is 15.3. The highest BCUT2D eigenvalue weighted by molar-refractivity contribution is 5.84. The number of pyridine rings is 1. The molecule has 1 amide bonds. The lowest BCUT2D eigenvalue weighted by Gasteiger charge is -2.36. The van der Waals surface area contributed by atoms with Crippen LogP contribution in [0.2, 0.25) is 0 Å². The second-order valence-electron chi connectivity index (χ2n) is 6.63. The Bertz CT molecular complexity index is 838. The summed E-state index contributed by atoms with van der Waals surface area (Å²) in [5, 5.41) is 12.3. The smallest absolute Gasteiger partial charge is 0.390 e. The summed E-state index contributed by atoms with van der Waals surface area (Å²) in [5.41, 5.74) is 0.579. The van der Waals surface area contributed by atoms with E-state index in [1.54, 1.807) is 19.2 Å². The number of likely N-dealkylation sites (tertiary alicyclic amines) is 1. The van der Waals surface area contributed by atoms with Crippen molar-refractivity contribution in [3.8, 4) is 11.1 Å². The molecule has 2 N–H and O–H groups in total. The van der Waals surface area contributed by atoms with E-state index in [0.29, 0.717) is 55.2 Å². The van der Waals surface area contributed by atoms with Crippen molar-refractivity contribution in [2.24, 2.45) is 0 Å². The molecule has 1 saturated heterocycles. The maximum atomic E-state index is 13.0. The Morgan fingerprint density at radius 2 is 2.07 bits per heavy atom. The van der Waals surface area contributed by atoms with Gasteiger partial charge in [0.15, 0.2) is 0 Å². The predicted octanol–water partition coefficient (Wildman–Crippen LogP) is 2.45. The minimum absolute atomic E-state index is 0.330. The van der Waals surface area contributed by atoms with Gasteiger partial charge in [0.2, 0.25) is 6.41 Å². The lowest BCUT2D eigenvalue weighted by atomic mass is 10.0. The molecule has 6 nitrogen and oxygen atoms in total. The summed E-state index contributed by atoms with van der Waals surface area (Å²) in [6, 6.07) is 6.64. The molecule has 28 heavy (non-hydrogen) atoms. The first kappa shape index (κ1) is 20.1. The van der Waals surface area contributed by atoms with Crippen LogP contribution in [0, 0.1) is 0 Å². The number of aliphatic hydroxyl groups is 1. The number of nitrogens with zero attached hydrogens (tertiary/aromatic N) is 3. The fraction of sp³-hybridized carbons (Fsp3) is 0.368. The van der Waals surface area contributed by atoms with Gasteiger partial charge in [0.1, 0.15) is 5.82 Å². The minimum atomic E-state index is -4.44. The average Bonchev–Trinajstić information content (AvgIpc) is 2.66. The average molecular weight is 394 g/mol. The molecule has 3 rings (SSSR count). The minimum Gasteiger partial charge on any atom is -0.390 e. The number of aliphatic hydroxyl groups excluding tert-OH is 1. The van der Waals surface area contributed by atoms with Crippen LogP contribution >= 0.6 is 0 Å². The van der Waals surface area contributed by atoms with E-state index in [2.05, 4.69) is 10.3 Å². The van der Waals surface area contributed by atoms with Gasteiger partial charge in [-0.25, -0.2) is 4.98 Å². The van der Waals surface area contributed by atoms with Gasteiger partial charge in [0.05, 0.1) is 17.4 Å².